The van der Waals surface area contributed by atoms with Gasteiger partial charge in [0, 0.05) is 25.8 Å². The Morgan fingerprint density at radius 2 is 1.86 bits per heavy atom. The average Bonchev–Trinajstić information content (AvgIpc) is 2.78. The predicted molar refractivity (Wildman–Crippen MR) is 87.1 cm³/mol. The molecule has 21 heavy (non-hydrogen) atoms. The first-order valence-corrected chi connectivity index (χ1v) is 7.05. The number of benzene rings is 1. The van der Waals surface area contributed by atoms with E-state index in [-0.39, 0.29) is 12.4 Å². The topological polar surface area (TPSA) is 75.3 Å². The standard InChI is InChI=1S/C15H21N5O/c1-4-20(5-2)12-8-6-11(7-9-12)17-14-13(10-21)18-19(3)15(14)16/h6-9,16,21H,4-5,10H2,1-3H3. The number of aliphatic hydroxyl groups is 1. The van der Waals surface area contributed by atoms with Crippen molar-refractivity contribution in [3.05, 3.63) is 24.3 Å². The first-order valence-electron chi connectivity index (χ1n) is 7.05. The van der Waals surface area contributed by atoms with Crippen LogP contribution < -0.4 is 4.90 Å². The van der Waals surface area contributed by atoms with Crippen LogP contribution in [-0.4, -0.2) is 54.1 Å². The van der Waals surface area contributed by atoms with Gasteiger partial charge < -0.3 is 10.0 Å². The van der Waals surface area contributed by atoms with E-state index >= 15 is 0 Å². The fourth-order valence-corrected chi connectivity index (χ4v) is 2.25. The Bertz CT molecular complexity index is 572. The van der Waals surface area contributed by atoms with Crippen molar-refractivity contribution in [2.75, 3.05) is 31.6 Å². The number of aliphatic imine (C=N–C) groups is 1. The highest BCUT2D eigenvalue weighted by Crippen LogP contribution is 2.21. The highest BCUT2D eigenvalue weighted by atomic mass is 16.3. The Labute approximate surface area is 124 Å². The first-order chi connectivity index (χ1) is 10.1. The molecule has 0 aliphatic carbocycles. The number of hydrogen-bond acceptors (Lipinski definition) is 5. The fourth-order valence-electron chi connectivity index (χ4n) is 2.25. The van der Waals surface area contributed by atoms with Crippen molar-refractivity contribution < 1.29 is 5.11 Å². The zero-order chi connectivity index (χ0) is 15.4. The van der Waals surface area contributed by atoms with Crippen molar-refractivity contribution in [3.63, 3.8) is 0 Å². The van der Waals surface area contributed by atoms with Gasteiger partial charge in [0.25, 0.3) is 0 Å². The van der Waals surface area contributed by atoms with Crippen LogP contribution in [0.4, 0.5) is 11.4 Å². The minimum absolute atomic E-state index is 0.201. The van der Waals surface area contributed by atoms with Crippen LogP contribution in [0.15, 0.2) is 34.4 Å². The van der Waals surface area contributed by atoms with E-state index in [4.69, 9.17) is 5.41 Å². The third kappa shape index (κ3) is 3.11. The molecule has 0 bridgehead atoms. The summed E-state index contributed by atoms with van der Waals surface area (Å²) >= 11 is 0. The molecule has 0 aromatic heterocycles. The summed E-state index contributed by atoms with van der Waals surface area (Å²) in [7, 11) is 1.67. The van der Waals surface area contributed by atoms with Crippen LogP contribution in [0.1, 0.15) is 13.8 Å². The molecular weight excluding hydrogens is 266 g/mol. The van der Waals surface area contributed by atoms with Crippen LogP contribution in [0.5, 0.6) is 0 Å². The van der Waals surface area contributed by atoms with Crippen LogP contribution in [0, 0.1) is 5.41 Å². The number of nitrogens with zero attached hydrogens (tertiary/aromatic N) is 4. The second-order valence-electron chi connectivity index (χ2n) is 4.73. The summed E-state index contributed by atoms with van der Waals surface area (Å²) < 4.78 is 0. The monoisotopic (exact) mass is 287 g/mol. The van der Waals surface area contributed by atoms with E-state index in [9.17, 15) is 5.11 Å². The zero-order valence-corrected chi connectivity index (χ0v) is 12.7. The maximum absolute atomic E-state index is 9.29. The van der Waals surface area contributed by atoms with Gasteiger partial charge in [-0.25, -0.2) is 10.0 Å². The normalized spacial score (nSPS) is 16.6. The molecule has 0 atom stereocenters. The fraction of sp³-hybridized carbons (Fsp3) is 0.400. The second-order valence-corrected chi connectivity index (χ2v) is 4.73. The lowest BCUT2D eigenvalue weighted by molar-refractivity contribution is 0.357. The molecule has 1 aromatic carbocycles. The van der Waals surface area contributed by atoms with E-state index in [1.54, 1.807) is 7.05 Å². The Kier molecular flexibility index (Phi) is 4.70. The lowest BCUT2D eigenvalue weighted by Crippen LogP contribution is -2.25. The maximum Gasteiger partial charge on any atom is 0.169 e. The zero-order valence-electron chi connectivity index (χ0n) is 12.7. The van der Waals surface area contributed by atoms with Crippen LogP contribution in [0.25, 0.3) is 0 Å². The minimum atomic E-state index is -0.219. The number of aliphatic hydroxyl groups excluding tert-OH is 1. The first kappa shape index (κ1) is 15.2. The second kappa shape index (κ2) is 6.49. The quantitative estimate of drug-likeness (QED) is 0.868. The average molecular weight is 287 g/mol. The smallest absolute Gasteiger partial charge is 0.169 e. The maximum atomic E-state index is 9.29. The molecule has 1 heterocycles. The van der Waals surface area contributed by atoms with Gasteiger partial charge in [0.05, 0.1) is 12.3 Å². The summed E-state index contributed by atoms with van der Waals surface area (Å²) in [5, 5.41) is 22.7. The van der Waals surface area contributed by atoms with Crippen molar-refractivity contribution >= 4 is 28.6 Å². The van der Waals surface area contributed by atoms with Gasteiger partial charge in [0.2, 0.25) is 0 Å². The minimum Gasteiger partial charge on any atom is -0.390 e. The van der Waals surface area contributed by atoms with Gasteiger partial charge in [-0.2, -0.15) is 5.10 Å². The Morgan fingerprint density at radius 3 is 2.38 bits per heavy atom. The molecule has 2 N–H and O–H groups in total. The van der Waals surface area contributed by atoms with Gasteiger partial charge in [0.15, 0.2) is 5.84 Å². The molecule has 0 amide bonds. The van der Waals surface area contributed by atoms with E-state index in [0.717, 1.165) is 24.5 Å². The molecule has 0 saturated heterocycles. The van der Waals surface area contributed by atoms with Gasteiger partial charge in [0.1, 0.15) is 11.4 Å². The van der Waals surface area contributed by atoms with Crippen LogP contribution in [-0.2, 0) is 0 Å². The van der Waals surface area contributed by atoms with Crippen molar-refractivity contribution in [1.29, 1.82) is 5.41 Å². The van der Waals surface area contributed by atoms with Crippen molar-refractivity contribution in [2.24, 2.45) is 10.1 Å². The van der Waals surface area contributed by atoms with Gasteiger partial charge >= 0.3 is 0 Å². The lowest BCUT2D eigenvalue weighted by Gasteiger charge is -2.20. The molecule has 112 valence electrons. The van der Waals surface area contributed by atoms with Gasteiger partial charge in [-0.05, 0) is 38.1 Å². The lowest BCUT2D eigenvalue weighted by atomic mass is 10.2. The van der Waals surface area contributed by atoms with Gasteiger partial charge in [-0.1, -0.05) is 0 Å². The molecular formula is C15H21N5O. The molecule has 1 aromatic rings. The molecule has 0 fully saturated rings. The summed E-state index contributed by atoms with van der Waals surface area (Å²) in [4.78, 5) is 6.69. The van der Waals surface area contributed by atoms with E-state index in [2.05, 4.69) is 28.8 Å². The summed E-state index contributed by atoms with van der Waals surface area (Å²) in [5.41, 5.74) is 2.76. The molecule has 1 aliphatic rings. The molecule has 0 radical (unpaired) electrons. The van der Waals surface area contributed by atoms with E-state index in [1.165, 1.54) is 5.01 Å². The largest absolute Gasteiger partial charge is 0.390 e. The summed E-state index contributed by atoms with van der Waals surface area (Å²) in [6.07, 6.45) is 0. The van der Waals surface area contributed by atoms with Crippen molar-refractivity contribution in [3.8, 4) is 0 Å². The molecule has 0 unspecified atom stereocenters. The summed E-state index contributed by atoms with van der Waals surface area (Å²) in [6, 6.07) is 7.87. The molecule has 1 aliphatic heterocycles. The van der Waals surface area contributed by atoms with E-state index < -0.39 is 0 Å². The van der Waals surface area contributed by atoms with Crippen molar-refractivity contribution in [1.82, 2.24) is 5.01 Å². The molecule has 0 saturated carbocycles. The number of hydrogen-bond donors (Lipinski definition) is 2. The summed E-state index contributed by atoms with van der Waals surface area (Å²) in [6.45, 7) is 5.94. The molecule has 0 spiro atoms. The number of anilines is 1. The molecule has 6 heteroatoms. The summed E-state index contributed by atoms with van der Waals surface area (Å²) in [5.74, 6) is 0.201. The predicted octanol–water partition coefficient (Wildman–Crippen LogP) is 1.88. The number of amidine groups is 1. The van der Waals surface area contributed by atoms with Crippen LogP contribution in [0.2, 0.25) is 0 Å². The third-order valence-corrected chi connectivity index (χ3v) is 3.46. The Hall–Kier alpha value is -2.21. The Balaban J connectivity index is 2.25. The van der Waals surface area contributed by atoms with Crippen LogP contribution >= 0.6 is 0 Å². The third-order valence-electron chi connectivity index (χ3n) is 3.46. The number of rotatable bonds is 5. The molecule has 6 nitrogen and oxygen atoms in total. The van der Waals surface area contributed by atoms with E-state index in [0.29, 0.717) is 11.4 Å². The van der Waals surface area contributed by atoms with E-state index in [1.807, 2.05) is 24.3 Å². The van der Waals surface area contributed by atoms with Gasteiger partial charge in [-0.15, -0.1) is 0 Å². The van der Waals surface area contributed by atoms with Crippen molar-refractivity contribution in [2.45, 2.75) is 13.8 Å². The Morgan fingerprint density at radius 1 is 1.24 bits per heavy atom. The SMILES string of the molecule is CCN(CC)c1ccc(N=C2C(=N)N(C)N=C2CO)cc1. The number of nitrogens with one attached hydrogen (secondary N) is 1. The van der Waals surface area contributed by atoms with Gasteiger partial charge in [-0.3, -0.25) is 5.41 Å². The highest BCUT2D eigenvalue weighted by Gasteiger charge is 2.25. The number of hydrazone groups is 1. The molecule has 2 rings (SSSR count). The van der Waals surface area contributed by atoms with Crippen LogP contribution in [0.3, 0.4) is 0 Å². The highest BCUT2D eigenvalue weighted by molar-refractivity contribution is 6.70.